The van der Waals surface area contributed by atoms with Gasteiger partial charge in [0.1, 0.15) is 5.75 Å². The fourth-order valence-electron chi connectivity index (χ4n) is 3.23. The van der Waals surface area contributed by atoms with E-state index < -0.39 is 0 Å². The summed E-state index contributed by atoms with van der Waals surface area (Å²) in [6.45, 7) is 8.42. The first-order chi connectivity index (χ1) is 12.2. The first-order valence-electron chi connectivity index (χ1n) is 9.52. The number of fused-ring (bicyclic) bond motifs is 1. The van der Waals surface area contributed by atoms with Crippen molar-refractivity contribution in [2.45, 2.75) is 40.0 Å². The summed E-state index contributed by atoms with van der Waals surface area (Å²) in [6.07, 6.45) is 7.71. The summed E-state index contributed by atoms with van der Waals surface area (Å²) < 4.78 is 6.08. The van der Waals surface area contributed by atoms with Gasteiger partial charge in [0.15, 0.2) is 0 Å². The van der Waals surface area contributed by atoms with Gasteiger partial charge in [-0.15, -0.1) is 0 Å². The van der Waals surface area contributed by atoms with Crippen molar-refractivity contribution in [3.05, 3.63) is 53.6 Å². The van der Waals surface area contributed by atoms with Crippen molar-refractivity contribution < 1.29 is 4.74 Å². The third-order valence-corrected chi connectivity index (χ3v) is 5.12. The van der Waals surface area contributed by atoms with E-state index in [4.69, 9.17) is 4.74 Å². The van der Waals surface area contributed by atoms with E-state index in [1.807, 2.05) is 0 Å². The molecular weight excluding hydrogens is 306 g/mol. The lowest BCUT2D eigenvalue weighted by Crippen LogP contribution is -2.06. The molecule has 0 bridgehead atoms. The van der Waals surface area contributed by atoms with Crippen LogP contribution in [0.1, 0.15) is 44.7 Å². The second-order valence-corrected chi connectivity index (χ2v) is 6.88. The van der Waals surface area contributed by atoms with Crippen LogP contribution in [0, 0.1) is 5.92 Å². The van der Waals surface area contributed by atoms with Crippen molar-refractivity contribution >= 4 is 11.8 Å². The average Bonchev–Trinajstić information content (AvgIpc) is 2.67. The molecule has 1 unspecified atom stereocenters. The van der Waals surface area contributed by atoms with E-state index in [1.54, 1.807) is 0 Å². The van der Waals surface area contributed by atoms with Gasteiger partial charge in [-0.3, -0.25) is 0 Å². The predicted octanol–water partition coefficient (Wildman–Crippen LogP) is 6.17. The summed E-state index contributed by atoms with van der Waals surface area (Å²) in [5.74, 6) is 1.76. The van der Waals surface area contributed by atoms with E-state index in [9.17, 15) is 0 Å². The van der Waals surface area contributed by atoms with Crippen LogP contribution in [0.15, 0.2) is 42.5 Å². The predicted molar refractivity (Wildman–Crippen MR) is 108 cm³/mol. The maximum atomic E-state index is 6.08. The molecule has 1 aliphatic rings. The fourth-order valence-corrected chi connectivity index (χ4v) is 3.23. The molecular formula is C23H29NO. The maximum Gasteiger partial charge on any atom is 0.122 e. The van der Waals surface area contributed by atoms with Crippen LogP contribution in [0.3, 0.4) is 0 Å². The van der Waals surface area contributed by atoms with Crippen molar-refractivity contribution in [3.8, 4) is 16.9 Å². The summed E-state index contributed by atoms with van der Waals surface area (Å²) in [5.41, 5.74) is 6.32. The number of hydrogen-bond acceptors (Lipinski definition) is 2. The molecule has 1 heterocycles. The lowest BCUT2D eigenvalue weighted by Gasteiger charge is -2.18. The van der Waals surface area contributed by atoms with E-state index in [-0.39, 0.29) is 0 Å². The molecule has 0 spiro atoms. The van der Waals surface area contributed by atoms with Crippen LogP contribution >= 0.6 is 0 Å². The van der Waals surface area contributed by atoms with Gasteiger partial charge < -0.3 is 10.1 Å². The average molecular weight is 335 g/mol. The highest BCUT2D eigenvalue weighted by molar-refractivity contribution is 5.84. The van der Waals surface area contributed by atoms with Crippen LogP contribution < -0.4 is 10.1 Å². The summed E-state index contributed by atoms with van der Waals surface area (Å²) in [7, 11) is 0. The van der Waals surface area contributed by atoms with Gasteiger partial charge in [0.05, 0.1) is 6.61 Å². The van der Waals surface area contributed by atoms with E-state index in [0.717, 1.165) is 37.7 Å². The van der Waals surface area contributed by atoms with Crippen molar-refractivity contribution in [1.82, 2.24) is 0 Å². The zero-order valence-corrected chi connectivity index (χ0v) is 15.6. The molecule has 0 fully saturated rings. The molecule has 1 aliphatic heterocycles. The molecule has 0 saturated heterocycles. The van der Waals surface area contributed by atoms with E-state index in [2.05, 4.69) is 74.6 Å². The molecule has 0 amide bonds. The lowest BCUT2D eigenvalue weighted by molar-refractivity contribution is 0.279. The first-order valence-corrected chi connectivity index (χ1v) is 9.52. The highest BCUT2D eigenvalue weighted by Gasteiger charge is 2.12. The molecule has 3 rings (SSSR count). The molecule has 0 saturated carbocycles. The summed E-state index contributed by atoms with van der Waals surface area (Å²) in [5, 5.41) is 3.45. The summed E-state index contributed by atoms with van der Waals surface area (Å²) in [4.78, 5) is 0. The minimum Gasteiger partial charge on any atom is -0.493 e. The number of ether oxygens (including phenoxy) is 1. The van der Waals surface area contributed by atoms with Crippen LogP contribution in [0.5, 0.6) is 5.75 Å². The smallest absolute Gasteiger partial charge is 0.122 e. The van der Waals surface area contributed by atoms with Gasteiger partial charge >= 0.3 is 0 Å². The van der Waals surface area contributed by atoms with E-state index in [0.29, 0.717) is 0 Å². The minimum absolute atomic E-state index is 0.722. The number of rotatable bonds is 7. The van der Waals surface area contributed by atoms with Gasteiger partial charge in [-0.05, 0) is 53.6 Å². The highest BCUT2D eigenvalue weighted by Crippen LogP contribution is 2.34. The van der Waals surface area contributed by atoms with Crippen molar-refractivity contribution in [3.63, 3.8) is 0 Å². The second kappa shape index (κ2) is 8.24. The number of anilines is 1. The Morgan fingerprint density at radius 3 is 2.84 bits per heavy atom. The Morgan fingerprint density at radius 1 is 1.16 bits per heavy atom. The van der Waals surface area contributed by atoms with Crippen molar-refractivity contribution in [2.24, 2.45) is 5.92 Å². The third-order valence-electron chi connectivity index (χ3n) is 5.12. The van der Waals surface area contributed by atoms with Gasteiger partial charge in [-0.1, -0.05) is 57.5 Å². The highest BCUT2D eigenvalue weighted by atomic mass is 16.5. The van der Waals surface area contributed by atoms with Crippen molar-refractivity contribution in [2.75, 3.05) is 18.5 Å². The summed E-state index contributed by atoms with van der Waals surface area (Å²) >= 11 is 0. The van der Waals surface area contributed by atoms with Crippen LogP contribution in [0.25, 0.3) is 17.2 Å². The standard InChI is InChI=1S/C23H29NO/c1-4-17(3)13-15-25-23-12-11-19(16-18(23)5-2)20-8-6-10-22-21(20)9-7-14-24-22/h6-12,16-17,24H,4-5,13-15H2,1-3H3. The Balaban J connectivity index is 1.84. The van der Waals surface area contributed by atoms with Crippen molar-refractivity contribution in [1.29, 1.82) is 0 Å². The normalized spacial score (nSPS) is 13.9. The largest absolute Gasteiger partial charge is 0.493 e. The van der Waals surface area contributed by atoms with Crippen LogP contribution in [-0.4, -0.2) is 13.2 Å². The summed E-state index contributed by atoms with van der Waals surface area (Å²) in [6, 6.07) is 13.1. The molecule has 132 valence electrons. The number of aryl methyl sites for hydroxylation is 1. The van der Waals surface area contributed by atoms with Gasteiger partial charge in [-0.2, -0.15) is 0 Å². The molecule has 0 aromatic heterocycles. The van der Waals surface area contributed by atoms with Crippen LogP contribution in [0.2, 0.25) is 0 Å². The van der Waals surface area contributed by atoms with Gasteiger partial charge in [-0.25, -0.2) is 0 Å². The second-order valence-electron chi connectivity index (χ2n) is 6.88. The molecule has 1 N–H and O–H groups in total. The van der Waals surface area contributed by atoms with E-state index >= 15 is 0 Å². The zero-order chi connectivity index (χ0) is 17.6. The number of benzene rings is 2. The van der Waals surface area contributed by atoms with Gasteiger partial charge in [0, 0.05) is 17.8 Å². The minimum atomic E-state index is 0.722. The molecule has 2 aromatic carbocycles. The Kier molecular flexibility index (Phi) is 5.80. The first kappa shape index (κ1) is 17.6. The lowest BCUT2D eigenvalue weighted by atomic mass is 9.94. The molecule has 2 heteroatoms. The Morgan fingerprint density at radius 2 is 2.04 bits per heavy atom. The Hall–Kier alpha value is -2.22. The third kappa shape index (κ3) is 4.07. The van der Waals surface area contributed by atoms with Crippen LogP contribution in [-0.2, 0) is 6.42 Å². The number of hydrogen-bond donors (Lipinski definition) is 1. The quantitative estimate of drug-likeness (QED) is 0.653. The number of nitrogens with one attached hydrogen (secondary N) is 1. The van der Waals surface area contributed by atoms with E-state index in [1.165, 1.54) is 34.4 Å². The van der Waals surface area contributed by atoms with Gasteiger partial charge in [0.25, 0.3) is 0 Å². The molecule has 0 radical (unpaired) electrons. The molecule has 2 aromatic rings. The fraction of sp³-hybridized carbons (Fsp3) is 0.391. The molecule has 0 aliphatic carbocycles. The molecule has 25 heavy (non-hydrogen) atoms. The Labute approximate surface area is 151 Å². The maximum absolute atomic E-state index is 6.08. The molecule has 2 nitrogen and oxygen atoms in total. The topological polar surface area (TPSA) is 21.3 Å². The van der Waals surface area contributed by atoms with Gasteiger partial charge in [0.2, 0.25) is 0 Å². The van der Waals surface area contributed by atoms with Crippen LogP contribution in [0.4, 0.5) is 5.69 Å². The SMILES string of the molecule is CCc1cc(-c2cccc3c2C=CCN3)ccc1OCCC(C)CC. The Bertz CT molecular complexity index is 748. The zero-order valence-electron chi connectivity index (χ0n) is 15.6. The molecule has 1 atom stereocenters. The monoisotopic (exact) mass is 335 g/mol.